The van der Waals surface area contributed by atoms with Gasteiger partial charge in [0.25, 0.3) is 0 Å². The number of carbonyl (C=O) groups excluding carboxylic acids is 2. The molecule has 138 valence electrons. The summed E-state index contributed by atoms with van der Waals surface area (Å²) in [5, 5.41) is 0. The minimum Gasteiger partial charge on any atom is -0.452 e. The summed E-state index contributed by atoms with van der Waals surface area (Å²) in [6.45, 7) is 0. The van der Waals surface area contributed by atoms with Crippen LogP contribution in [0.4, 0.5) is 8.78 Å². The van der Waals surface area contributed by atoms with Crippen LogP contribution in [0.1, 0.15) is 26.3 Å². The molecule has 28 heavy (non-hydrogen) atoms. The Morgan fingerprint density at radius 1 is 0.964 bits per heavy atom. The number of fused-ring (bicyclic) bond motifs is 1. The topological polar surface area (TPSA) is 52.6 Å². The van der Waals surface area contributed by atoms with E-state index in [1.165, 1.54) is 48.5 Å². The van der Waals surface area contributed by atoms with E-state index in [1.54, 1.807) is 12.1 Å². The molecule has 0 spiro atoms. The fraction of sp³-hybridized carbons (Fsp3) is 0. The lowest BCUT2D eigenvalue weighted by Gasteiger charge is -2.05. The fourth-order valence-electron chi connectivity index (χ4n) is 2.72. The molecule has 0 saturated carbocycles. The number of Topliss-reactive ketones (excluding diaryl/α,β-unsaturated/α-hetero) is 1. The molecular weight excluding hydrogens is 366 g/mol. The van der Waals surface area contributed by atoms with E-state index in [9.17, 15) is 18.4 Å². The van der Waals surface area contributed by atoms with Crippen molar-refractivity contribution in [3.63, 3.8) is 0 Å². The molecule has 0 N–H and O–H groups in total. The first-order chi connectivity index (χ1) is 13.5. The summed E-state index contributed by atoms with van der Waals surface area (Å²) in [4.78, 5) is 24.6. The number of ketones is 1. The van der Waals surface area contributed by atoms with Gasteiger partial charge in [-0.15, -0.1) is 0 Å². The van der Waals surface area contributed by atoms with Gasteiger partial charge in [0.05, 0.1) is 11.1 Å². The molecule has 4 nitrogen and oxygen atoms in total. The highest BCUT2D eigenvalue weighted by molar-refractivity contribution is 6.14. The average Bonchev–Trinajstić information content (AvgIpc) is 2.99. The minimum atomic E-state index is -0.675. The molecule has 0 aromatic heterocycles. The molecular formula is C22H12F2O4. The number of hydrogen-bond donors (Lipinski definition) is 0. The van der Waals surface area contributed by atoms with Gasteiger partial charge >= 0.3 is 5.97 Å². The molecule has 0 saturated heterocycles. The molecule has 0 atom stereocenters. The summed E-state index contributed by atoms with van der Waals surface area (Å²) in [6, 6.07) is 15.2. The molecule has 0 aliphatic carbocycles. The smallest absolute Gasteiger partial charge is 0.343 e. The van der Waals surface area contributed by atoms with E-state index < -0.39 is 23.4 Å². The van der Waals surface area contributed by atoms with E-state index >= 15 is 0 Å². The largest absolute Gasteiger partial charge is 0.452 e. The first kappa shape index (κ1) is 17.6. The van der Waals surface area contributed by atoms with Crippen molar-refractivity contribution in [3.05, 3.63) is 101 Å². The van der Waals surface area contributed by atoms with Crippen LogP contribution in [0.15, 0.2) is 72.5 Å². The van der Waals surface area contributed by atoms with Crippen molar-refractivity contribution in [2.45, 2.75) is 0 Å². The van der Waals surface area contributed by atoms with Gasteiger partial charge in [-0.3, -0.25) is 4.79 Å². The lowest BCUT2D eigenvalue weighted by Crippen LogP contribution is -2.08. The van der Waals surface area contributed by atoms with Crippen LogP contribution in [0.25, 0.3) is 6.08 Å². The van der Waals surface area contributed by atoms with Gasteiger partial charge in [-0.1, -0.05) is 18.2 Å². The van der Waals surface area contributed by atoms with Crippen LogP contribution >= 0.6 is 0 Å². The fourth-order valence-corrected chi connectivity index (χ4v) is 2.72. The molecule has 6 heteroatoms. The second-order valence-corrected chi connectivity index (χ2v) is 6.02. The van der Waals surface area contributed by atoms with Crippen molar-refractivity contribution < 1.29 is 27.8 Å². The average molecular weight is 378 g/mol. The molecule has 0 fully saturated rings. The normalized spacial score (nSPS) is 13.9. The Morgan fingerprint density at radius 3 is 2.46 bits per heavy atom. The van der Waals surface area contributed by atoms with Gasteiger partial charge in [0.15, 0.2) is 5.76 Å². The zero-order valence-electron chi connectivity index (χ0n) is 14.3. The third-order valence-electron chi connectivity index (χ3n) is 4.12. The highest BCUT2D eigenvalue weighted by atomic mass is 19.1. The first-order valence-corrected chi connectivity index (χ1v) is 8.32. The Morgan fingerprint density at radius 2 is 1.71 bits per heavy atom. The van der Waals surface area contributed by atoms with Gasteiger partial charge in [-0.05, 0) is 48.5 Å². The van der Waals surface area contributed by atoms with Gasteiger partial charge in [0.1, 0.15) is 23.1 Å². The SMILES string of the molecule is O=C(Oc1ccc2c(c1)OC(=Cc1ccccc1F)C2=O)c1ccc(F)cc1. The predicted octanol–water partition coefficient (Wildman–Crippen LogP) is 4.80. The maximum atomic E-state index is 13.8. The van der Waals surface area contributed by atoms with Crippen LogP contribution in [0.5, 0.6) is 11.5 Å². The quantitative estimate of drug-likeness (QED) is 0.373. The Balaban J connectivity index is 1.56. The van der Waals surface area contributed by atoms with Crippen molar-refractivity contribution in [2.75, 3.05) is 0 Å². The molecule has 0 bridgehead atoms. The van der Waals surface area contributed by atoms with Crippen molar-refractivity contribution in [3.8, 4) is 11.5 Å². The molecule has 3 aromatic rings. The van der Waals surface area contributed by atoms with Gasteiger partial charge < -0.3 is 9.47 Å². The van der Waals surface area contributed by atoms with Crippen molar-refractivity contribution >= 4 is 17.8 Å². The summed E-state index contributed by atoms with van der Waals surface area (Å²) in [7, 11) is 0. The van der Waals surface area contributed by atoms with Crippen molar-refractivity contribution in [2.24, 2.45) is 0 Å². The van der Waals surface area contributed by atoms with Crippen LogP contribution in [0.2, 0.25) is 0 Å². The lowest BCUT2D eigenvalue weighted by atomic mass is 10.1. The van der Waals surface area contributed by atoms with E-state index in [1.807, 2.05) is 0 Å². The molecule has 3 aromatic carbocycles. The Hall–Kier alpha value is -3.80. The van der Waals surface area contributed by atoms with Gasteiger partial charge in [0, 0.05) is 11.6 Å². The predicted molar refractivity (Wildman–Crippen MR) is 97.1 cm³/mol. The van der Waals surface area contributed by atoms with E-state index in [-0.39, 0.29) is 33.9 Å². The Kier molecular flexibility index (Phi) is 4.45. The number of hydrogen-bond acceptors (Lipinski definition) is 4. The molecule has 1 aliphatic rings. The summed E-state index contributed by atoms with van der Waals surface area (Å²) in [5.41, 5.74) is 0.685. The molecule has 0 unspecified atom stereocenters. The standard InChI is InChI=1S/C22H12F2O4/c23-15-7-5-13(6-8-15)22(26)27-16-9-10-17-19(12-16)28-20(21(17)25)11-14-3-1-2-4-18(14)24/h1-12H. The van der Waals surface area contributed by atoms with Crippen LogP contribution in [0, 0.1) is 11.6 Å². The number of benzene rings is 3. The first-order valence-electron chi connectivity index (χ1n) is 8.32. The zero-order valence-corrected chi connectivity index (χ0v) is 14.3. The second-order valence-electron chi connectivity index (χ2n) is 6.02. The number of halogens is 2. The number of carbonyl (C=O) groups is 2. The zero-order chi connectivity index (χ0) is 19.7. The van der Waals surface area contributed by atoms with Crippen LogP contribution in [0.3, 0.4) is 0 Å². The summed E-state index contributed by atoms with van der Waals surface area (Å²) in [6.07, 6.45) is 1.32. The molecule has 0 radical (unpaired) electrons. The molecule has 1 heterocycles. The van der Waals surface area contributed by atoms with Gasteiger partial charge in [0.2, 0.25) is 5.78 Å². The lowest BCUT2D eigenvalue weighted by molar-refractivity contribution is 0.0734. The summed E-state index contributed by atoms with van der Waals surface area (Å²) >= 11 is 0. The Labute approximate surface area is 158 Å². The number of esters is 1. The molecule has 0 amide bonds. The molecule has 4 rings (SSSR count). The van der Waals surface area contributed by atoms with Gasteiger partial charge in [-0.25, -0.2) is 13.6 Å². The van der Waals surface area contributed by atoms with Gasteiger partial charge in [-0.2, -0.15) is 0 Å². The summed E-state index contributed by atoms with van der Waals surface area (Å²) in [5.74, 6) is -1.67. The van der Waals surface area contributed by atoms with Crippen LogP contribution < -0.4 is 9.47 Å². The maximum absolute atomic E-state index is 13.8. The number of ether oxygens (including phenoxy) is 2. The number of rotatable bonds is 3. The Bertz CT molecular complexity index is 1120. The number of allylic oxidation sites excluding steroid dienone is 1. The van der Waals surface area contributed by atoms with E-state index in [4.69, 9.17) is 9.47 Å². The minimum absolute atomic E-state index is 0.0258. The molecule has 1 aliphatic heterocycles. The van der Waals surface area contributed by atoms with Crippen LogP contribution in [-0.2, 0) is 0 Å². The second kappa shape index (κ2) is 7.08. The van der Waals surface area contributed by atoms with Crippen molar-refractivity contribution in [1.29, 1.82) is 0 Å². The highest BCUT2D eigenvalue weighted by Gasteiger charge is 2.28. The van der Waals surface area contributed by atoms with Crippen molar-refractivity contribution in [1.82, 2.24) is 0 Å². The monoisotopic (exact) mass is 378 g/mol. The van der Waals surface area contributed by atoms with Crippen LogP contribution in [-0.4, -0.2) is 11.8 Å². The third-order valence-corrected chi connectivity index (χ3v) is 4.12. The summed E-state index contributed by atoms with van der Waals surface area (Å²) < 4.78 is 37.5. The third kappa shape index (κ3) is 3.40. The highest BCUT2D eigenvalue weighted by Crippen LogP contribution is 2.35. The van der Waals surface area contributed by atoms with E-state index in [0.717, 1.165) is 12.1 Å². The maximum Gasteiger partial charge on any atom is 0.343 e. The van der Waals surface area contributed by atoms with E-state index in [2.05, 4.69) is 0 Å². The van der Waals surface area contributed by atoms with E-state index in [0.29, 0.717) is 0 Å².